The number of carbonyl (C=O) groups is 2. The minimum absolute atomic E-state index is 0. The summed E-state index contributed by atoms with van der Waals surface area (Å²) in [4.78, 5) is 26.8. The Hall–Kier alpha value is -1.83. The predicted octanol–water partition coefficient (Wildman–Crippen LogP) is 1.07. The molecule has 1 saturated carbocycles. The third-order valence-corrected chi connectivity index (χ3v) is 5.73. The van der Waals surface area contributed by atoms with Crippen molar-refractivity contribution in [3.05, 3.63) is 29.8 Å². The minimum atomic E-state index is -0.583. The van der Waals surface area contributed by atoms with Crippen molar-refractivity contribution in [2.24, 2.45) is 17.6 Å². The Morgan fingerprint density at radius 2 is 1.82 bits per heavy atom. The van der Waals surface area contributed by atoms with E-state index in [0.717, 1.165) is 11.3 Å². The Morgan fingerprint density at radius 3 is 2.36 bits per heavy atom. The highest BCUT2D eigenvalue weighted by molar-refractivity contribution is 5.85. The molecule has 3 rings (SSSR count). The molecule has 0 unspecified atom stereocenters. The lowest BCUT2D eigenvalue weighted by atomic mass is 9.94. The van der Waals surface area contributed by atoms with E-state index in [1.54, 1.807) is 7.11 Å². The van der Waals surface area contributed by atoms with E-state index in [9.17, 15) is 14.7 Å². The van der Waals surface area contributed by atoms with E-state index >= 15 is 0 Å². The molecule has 0 spiro atoms. The highest BCUT2D eigenvalue weighted by Gasteiger charge is 2.38. The monoisotopic (exact) mass is 411 g/mol. The molecule has 1 aliphatic heterocycles. The number of amides is 2. The predicted molar refractivity (Wildman–Crippen MR) is 108 cm³/mol. The first-order valence-electron chi connectivity index (χ1n) is 9.61. The van der Waals surface area contributed by atoms with Crippen LogP contribution in [0, 0.1) is 11.8 Å². The number of nitrogens with two attached hydrogens (primary N) is 1. The van der Waals surface area contributed by atoms with Gasteiger partial charge < -0.3 is 25.8 Å². The Kier molecular flexibility index (Phi) is 8.10. The van der Waals surface area contributed by atoms with Gasteiger partial charge in [-0.2, -0.15) is 0 Å². The summed E-state index contributed by atoms with van der Waals surface area (Å²) in [6, 6.07) is 7.30. The highest BCUT2D eigenvalue weighted by atomic mass is 35.5. The Balaban J connectivity index is 0.00000280. The van der Waals surface area contributed by atoms with Gasteiger partial charge in [-0.05, 0) is 43.4 Å². The molecule has 7 nitrogen and oxygen atoms in total. The van der Waals surface area contributed by atoms with Gasteiger partial charge in [0.1, 0.15) is 5.75 Å². The average molecular weight is 412 g/mol. The van der Waals surface area contributed by atoms with Crippen LogP contribution in [0.1, 0.15) is 31.2 Å². The lowest BCUT2D eigenvalue weighted by molar-refractivity contribution is -0.139. The molecule has 156 valence electrons. The van der Waals surface area contributed by atoms with E-state index in [1.165, 1.54) is 0 Å². The number of piperidine rings is 1. The molecule has 2 aliphatic rings. The molecular weight excluding hydrogens is 382 g/mol. The van der Waals surface area contributed by atoms with Gasteiger partial charge in [0.15, 0.2) is 0 Å². The number of methoxy groups -OCH3 is 1. The van der Waals surface area contributed by atoms with Gasteiger partial charge in [-0.3, -0.25) is 9.59 Å². The molecule has 28 heavy (non-hydrogen) atoms. The molecule has 1 heterocycles. The molecule has 1 aromatic carbocycles. The fourth-order valence-corrected chi connectivity index (χ4v) is 3.95. The molecule has 4 N–H and O–H groups in total. The van der Waals surface area contributed by atoms with Crippen LogP contribution >= 0.6 is 12.4 Å². The first-order chi connectivity index (χ1) is 13.0. The third-order valence-electron chi connectivity index (χ3n) is 5.73. The number of carbonyl (C=O) groups excluding carboxylic acids is 2. The number of halogens is 1. The zero-order valence-corrected chi connectivity index (χ0v) is 17.0. The molecular formula is C20H30ClN3O4. The minimum Gasteiger partial charge on any atom is -0.497 e. The quantitative estimate of drug-likeness (QED) is 0.672. The standard InChI is InChI=1S/C20H29N3O4.ClH/c1-27-16-4-2-13(3-5-16)12-22-19(25)14-6-8-23(9-7-14)20(26)15-10-17(21)18(24)11-15;/h2-5,14-15,17-18,24H,6-12,21H2,1H3,(H,22,25);1H/t15-,17-,18-;/m0./s1. The lowest BCUT2D eigenvalue weighted by Gasteiger charge is -2.33. The number of aliphatic hydroxyl groups excluding tert-OH is 1. The van der Waals surface area contributed by atoms with Gasteiger partial charge in [0, 0.05) is 37.5 Å². The Bertz CT molecular complexity index is 652. The second kappa shape index (κ2) is 10.1. The topological polar surface area (TPSA) is 105 Å². The Labute approximate surface area is 172 Å². The normalized spacial score (nSPS) is 25.1. The number of hydrogen-bond donors (Lipinski definition) is 3. The number of nitrogens with zero attached hydrogens (tertiary/aromatic N) is 1. The number of benzene rings is 1. The van der Waals surface area contributed by atoms with Crippen molar-refractivity contribution in [3.63, 3.8) is 0 Å². The van der Waals surface area contributed by atoms with E-state index in [4.69, 9.17) is 10.5 Å². The second-order valence-electron chi connectivity index (χ2n) is 7.56. The first kappa shape index (κ1) is 22.5. The summed E-state index contributed by atoms with van der Waals surface area (Å²) in [6.07, 6.45) is 1.74. The maximum atomic E-state index is 12.6. The summed E-state index contributed by atoms with van der Waals surface area (Å²) < 4.78 is 5.13. The van der Waals surface area contributed by atoms with Gasteiger partial charge in [-0.25, -0.2) is 0 Å². The lowest BCUT2D eigenvalue weighted by Crippen LogP contribution is -2.44. The van der Waals surface area contributed by atoms with Crippen LogP contribution in [0.25, 0.3) is 0 Å². The number of rotatable bonds is 5. The largest absolute Gasteiger partial charge is 0.497 e. The van der Waals surface area contributed by atoms with Crippen LogP contribution in [-0.2, 0) is 16.1 Å². The molecule has 8 heteroatoms. The molecule has 2 fully saturated rings. The van der Waals surface area contributed by atoms with E-state index in [1.807, 2.05) is 29.2 Å². The molecule has 1 aliphatic carbocycles. The first-order valence-corrected chi connectivity index (χ1v) is 9.61. The van der Waals surface area contributed by atoms with Crippen molar-refractivity contribution in [2.75, 3.05) is 20.2 Å². The van der Waals surface area contributed by atoms with Crippen molar-refractivity contribution >= 4 is 24.2 Å². The van der Waals surface area contributed by atoms with Gasteiger partial charge in [0.05, 0.1) is 13.2 Å². The summed E-state index contributed by atoms with van der Waals surface area (Å²) in [6.45, 7) is 1.66. The summed E-state index contributed by atoms with van der Waals surface area (Å²) in [7, 11) is 1.62. The van der Waals surface area contributed by atoms with Crippen molar-refractivity contribution in [1.82, 2.24) is 10.2 Å². The van der Waals surface area contributed by atoms with Crippen molar-refractivity contribution in [1.29, 1.82) is 0 Å². The summed E-state index contributed by atoms with van der Waals surface area (Å²) in [5.74, 6) is 0.646. The molecule has 0 bridgehead atoms. The van der Waals surface area contributed by atoms with E-state index in [-0.39, 0.29) is 42.1 Å². The van der Waals surface area contributed by atoms with Gasteiger partial charge >= 0.3 is 0 Å². The number of nitrogens with one attached hydrogen (secondary N) is 1. The summed E-state index contributed by atoms with van der Waals surface area (Å²) in [5.41, 5.74) is 6.84. The summed E-state index contributed by atoms with van der Waals surface area (Å²) >= 11 is 0. The smallest absolute Gasteiger partial charge is 0.225 e. The zero-order valence-electron chi connectivity index (χ0n) is 16.2. The highest BCUT2D eigenvalue weighted by Crippen LogP contribution is 2.28. The molecule has 0 aromatic heterocycles. The molecule has 3 atom stereocenters. The van der Waals surface area contributed by atoms with Crippen LogP contribution < -0.4 is 15.8 Å². The second-order valence-corrected chi connectivity index (χ2v) is 7.56. The fraction of sp³-hybridized carbons (Fsp3) is 0.600. The van der Waals surface area contributed by atoms with Gasteiger partial charge in [-0.15, -0.1) is 12.4 Å². The number of likely N-dealkylation sites (tertiary alicyclic amines) is 1. The van der Waals surface area contributed by atoms with Crippen molar-refractivity contribution in [2.45, 2.75) is 44.4 Å². The van der Waals surface area contributed by atoms with E-state index in [0.29, 0.717) is 45.3 Å². The van der Waals surface area contributed by atoms with Crippen LogP contribution in [-0.4, -0.2) is 54.2 Å². The van der Waals surface area contributed by atoms with Crippen LogP contribution in [0.15, 0.2) is 24.3 Å². The maximum Gasteiger partial charge on any atom is 0.225 e. The maximum absolute atomic E-state index is 12.6. The van der Waals surface area contributed by atoms with Crippen molar-refractivity contribution in [3.8, 4) is 5.75 Å². The van der Waals surface area contributed by atoms with Crippen LogP contribution in [0.4, 0.5) is 0 Å². The number of hydrogen-bond acceptors (Lipinski definition) is 5. The van der Waals surface area contributed by atoms with Gasteiger partial charge in [0.2, 0.25) is 11.8 Å². The average Bonchev–Trinajstić information content (AvgIpc) is 3.04. The summed E-state index contributed by atoms with van der Waals surface area (Å²) in [5, 5.41) is 12.7. The van der Waals surface area contributed by atoms with Crippen molar-refractivity contribution < 1.29 is 19.4 Å². The molecule has 2 amide bonds. The van der Waals surface area contributed by atoms with Crippen LogP contribution in [0.5, 0.6) is 5.75 Å². The van der Waals surface area contributed by atoms with E-state index < -0.39 is 6.10 Å². The zero-order chi connectivity index (χ0) is 19.4. The van der Waals surface area contributed by atoms with Gasteiger partial charge in [0.25, 0.3) is 0 Å². The van der Waals surface area contributed by atoms with Gasteiger partial charge in [-0.1, -0.05) is 12.1 Å². The fourth-order valence-electron chi connectivity index (χ4n) is 3.95. The SMILES string of the molecule is COc1ccc(CNC(=O)C2CCN(C(=O)[C@H]3C[C@H](N)[C@@H](O)C3)CC2)cc1.Cl. The number of aliphatic hydroxyl groups is 1. The molecule has 0 radical (unpaired) electrons. The Morgan fingerprint density at radius 1 is 1.18 bits per heavy atom. The number of ether oxygens (including phenoxy) is 1. The molecule has 1 aromatic rings. The third kappa shape index (κ3) is 5.37. The van der Waals surface area contributed by atoms with Crippen LogP contribution in [0.3, 0.4) is 0 Å². The molecule has 1 saturated heterocycles. The van der Waals surface area contributed by atoms with Crippen LogP contribution in [0.2, 0.25) is 0 Å². The van der Waals surface area contributed by atoms with E-state index in [2.05, 4.69) is 5.32 Å².